The Balaban J connectivity index is 2.26. The van der Waals surface area contributed by atoms with E-state index >= 15 is 0 Å². The van der Waals surface area contributed by atoms with Crippen molar-refractivity contribution < 1.29 is 4.57 Å². The fourth-order valence-corrected chi connectivity index (χ4v) is 4.09. The van der Waals surface area contributed by atoms with Crippen LogP contribution in [-0.4, -0.2) is 4.57 Å². The molecule has 1 heterocycles. The Bertz CT molecular complexity index is 436. The van der Waals surface area contributed by atoms with Crippen molar-refractivity contribution in [3.63, 3.8) is 0 Å². The molecule has 0 atom stereocenters. The summed E-state index contributed by atoms with van der Waals surface area (Å²) in [5.74, 6) is 1.58. The molecule has 0 aliphatic rings. The second kappa shape index (κ2) is 17.3. The lowest BCUT2D eigenvalue weighted by molar-refractivity contribution is -0.703. The maximum absolute atomic E-state index is 2.56. The molecule has 0 N–H and O–H groups in total. The van der Waals surface area contributed by atoms with E-state index in [9.17, 15) is 0 Å². The van der Waals surface area contributed by atoms with Gasteiger partial charge in [0.15, 0.2) is 0 Å². The van der Waals surface area contributed by atoms with Crippen LogP contribution in [0.1, 0.15) is 129 Å². The Kier molecular flexibility index (Phi) is 15.6. The Labute approximate surface area is 170 Å². The van der Waals surface area contributed by atoms with Crippen LogP contribution in [0.2, 0.25) is 0 Å². The number of hydrogen-bond acceptors (Lipinski definition) is 0. The molecule has 0 amide bonds. The van der Waals surface area contributed by atoms with Crippen LogP contribution in [-0.2, 0) is 19.5 Å². The van der Waals surface area contributed by atoms with Gasteiger partial charge >= 0.3 is 0 Å². The fraction of sp³-hybridized carbons (Fsp3) is 0.880. The van der Waals surface area contributed by atoms with Gasteiger partial charge in [-0.1, -0.05) is 97.8 Å². The number of hydrogen-bond donors (Lipinski definition) is 0. The predicted molar refractivity (Wildman–Crippen MR) is 119 cm³/mol. The van der Waals surface area contributed by atoms with Gasteiger partial charge < -0.3 is 0 Å². The average molecular weight is 378 g/mol. The van der Waals surface area contributed by atoms with E-state index in [1.165, 1.54) is 122 Å². The molecule has 1 aromatic heterocycles. The van der Waals surface area contributed by atoms with E-state index < -0.39 is 0 Å². The SMILES string of the molecule is CCCCCCCCCCCc1n(CCCCCCCC)cc[n+]1CCC. The minimum absolute atomic E-state index is 1.18. The van der Waals surface area contributed by atoms with Crippen molar-refractivity contribution in [2.75, 3.05) is 0 Å². The Morgan fingerprint density at radius 2 is 1.15 bits per heavy atom. The van der Waals surface area contributed by atoms with Crippen molar-refractivity contribution >= 4 is 0 Å². The first-order chi connectivity index (χ1) is 13.3. The molecule has 0 unspecified atom stereocenters. The Morgan fingerprint density at radius 3 is 1.70 bits per heavy atom. The van der Waals surface area contributed by atoms with Gasteiger partial charge in [0.05, 0.1) is 13.1 Å². The summed E-state index contributed by atoms with van der Waals surface area (Å²) in [6, 6.07) is 0. The van der Waals surface area contributed by atoms with Crippen molar-refractivity contribution in [1.29, 1.82) is 0 Å². The number of rotatable bonds is 19. The van der Waals surface area contributed by atoms with E-state index in [1.54, 1.807) is 5.82 Å². The maximum Gasteiger partial charge on any atom is 0.256 e. The van der Waals surface area contributed by atoms with E-state index in [2.05, 4.69) is 42.3 Å². The predicted octanol–water partition coefficient (Wildman–Crippen LogP) is 7.62. The normalized spacial score (nSPS) is 11.4. The minimum atomic E-state index is 1.18. The standard InChI is InChI=1S/C25H49N2/c1-4-7-9-11-13-14-15-16-18-20-25-26(21-6-3)23-24-27(25)22-19-17-12-10-8-5-2/h23-24H,4-22H2,1-3H3/q+1. The molecule has 0 saturated carbocycles. The summed E-state index contributed by atoms with van der Waals surface area (Å²) < 4.78 is 5.07. The third kappa shape index (κ3) is 11.6. The number of imidazole rings is 1. The van der Waals surface area contributed by atoms with Gasteiger partial charge in [0, 0.05) is 6.42 Å². The van der Waals surface area contributed by atoms with Crippen molar-refractivity contribution in [3.8, 4) is 0 Å². The van der Waals surface area contributed by atoms with Gasteiger partial charge in [-0.3, -0.25) is 0 Å². The quantitative estimate of drug-likeness (QED) is 0.173. The average Bonchev–Trinajstić information content (AvgIpc) is 3.05. The zero-order chi connectivity index (χ0) is 19.6. The molecule has 0 fully saturated rings. The van der Waals surface area contributed by atoms with Crippen LogP contribution in [0.5, 0.6) is 0 Å². The molecule has 0 aliphatic heterocycles. The van der Waals surface area contributed by atoms with Crippen molar-refractivity contribution in [2.45, 2.75) is 143 Å². The van der Waals surface area contributed by atoms with Crippen LogP contribution < -0.4 is 4.57 Å². The first-order valence-corrected chi connectivity index (χ1v) is 12.4. The fourth-order valence-electron chi connectivity index (χ4n) is 4.09. The van der Waals surface area contributed by atoms with Gasteiger partial charge in [-0.25, -0.2) is 9.13 Å². The molecule has 158 valence electrons. The van der Waals surface area contributed by atoms with Gasteiger partial charge in [0.1, 0.15) is 12.4 Å². The maximum atomic E-state index is 2.56. The second-order valence-corrected chi connectivity index (χ2v) is 8.45. The van der Waals surface area contributed by atoms with Crippen LogP contribution in [0.25, 0.3) is 0 Å². The van der Waals surface area contributed by atoms with Crippen LogP contribution in [0, 0.1) is 0 Å². The third-order valence-electron chi connectivity index (χ3n) is 5.81. The van der Waals surface area contributed by atoms with Gasteiger partial charge in [-0.15, -0.1) is 0 Å². The topological polar surface area (TPSA) is 8.81 Å². The summed E-state index contributed by atoms with van der Waals surface area (Å²) in [4.78, 5) is 0. The van der Waals surface area contributed by atoms with Crippen molar-refractivity contribution in [3.05, 3.63) is 18.2 Å². The molecule has 0 radical (unpaired) electrons. The Morgan fingerprint density at radius 1 is 0.630 bits per heavy atom. The highest BCUT2D eigenvalue weighted by Crippen LogP contribution is 2.12. The lowest BCUT2D eigenvalue weighted by Gasteiger charge is -2.06. The number of nitrogens with zero attached hydrogens (tertiary/aromatic N) is 2. The lowest BCUT2D eigenvalue weighted by Crippen LogP contribution is -2.37. The van der Waals surface area contributed by atoms with Crippen LogP contribution in [0.3, 0.4) is 0 Å². The molecule has 0 bridgehead atoms. The molecule has 1 aromatic rings. The monoisotopic (exact) mass is 377 g/mol. The third-order valence-corrected chi connectivity index (χ3v) is 5.81. The summed E-state index contributed by atoms with van der Waals surface area (Å²) >= 11 is 0. The number of aryl methyl sites for hydroxylation is 2. The number of aromatic nitrogens is 2. The summed E-state index contributed by atoms with van der Waals surface area (Å²) in [5, 5.41) is 0. The smallest absolute Gasteiger partial charge is 0.234 e. The summed E-state index contributed by atoms with van der Waals surface area (Å²) in [6.07, 6.45) is 28.2. The molecule has 0 saturated heterocycles. The highest BCUT2D eigenvalue weighted by Gasteiger charge is 2.15. The number of unbranched alkanes of at least 4 members (excludes halogenated alkanes) is 13. The van der Waals surface area contributed by atoms with E-state index in [-0.39, 0.29) is 0 Å². The van der Waals surface area contributed by atoms with Crippen LogP contribution >= 0.6 is 0 Å². The minimum Gasteiger partial charge on any atom is -0.234 e. The second-order valence-electron chi connectivity index (χ2n) is 8.45. The van der Waals surface area contributed by atoms with Crippen LogP contribution in [0.15, 0.2) is 12.4 Å². The van der Waals surface area contributed by atoms with E-state index in [4.69, 9.17) is 0 Å². The van der Waals surface area contributed by atoms with Gasteiger partial charge in [0.25, 0.3) is 5.82 Å². The first kappa shape index (κ1) is 24.2. The molecule has 0 aliphatic carbocycles. The van der Waals surface area contributed by atoms with Crippen molar-refractivity contribution in [1.82, 2.24) is 4.57 Å². The van der Waals surface area contributed by atoms with Gasteiger partial charge in [-0.2, -0.15) is 0 Å². The van der Waals surface area contributed by atoms with E-state index in [0.29, 0.717) is 0 Å². The molecular formula is C25H49N2+. The summed E-state index contributed by atoms with van der Waals surface area (Å²) in [5.41, 5.74) is 0. The largest absolute Gasteiger partial charge is 0.256 e. The zero-order valence-electron chi connectivity index (χ0n) is 19.0. The molecule has 0 aromatic carbocycles. The molecule has 1 rings (SSSR count). The molecule has 2 nitrogen and oxygen atoms in total. The molecule has 27 heavy (non-hydrogen) atoms. The summed E-state index contributed by atoms with van der Waals surface area (Å²) in [7, 11) is 0. The zero-order valence-corrected chi connectivity index (χ0v) is 19.0. The molecule has 0 spiro atoms. The van der Waals surface area contributed by atoms with Gasteiger partial charge in [-0.05, 0) is 25.7 Å². The molecule has 2 heteroatoms. The van der Waals surface area contributed by atoms with Crippen molar-refractivity contribution in [2.24, 2.45) is 0 Å². The highest BCUT2D eigenvalue weighted by atomic mass is 15.1. The first-order valence-electron chi connectivity index (χ1n) is 12.4. The highest BCUT2D eigenvalue weighted by molar-refractivity contribution is 4.84. The molecular weight excluding hydrogens is 328 g/mol. The summed E-state index contributed by atoms with van der Waals surface area (Å²) in [6.45, 7) is 9.28. The van der Waals surface area contributed by atoms with Gasteiger partial charge in [0.2, 0.25) is 0 Å². The van der Waals surface area contributed by atoms with E-state index in [1.807, 2.05) is 0 Å². The lowest BCUT2D eigenvalue weighted by atomic mass is 10.1. The Hall–Kier alpha value is -0.790. The van der Waals surface area contributed by atoms with E-state index in [0.717, 1.165) is 0 Å². The van der Waals surface area contributed by atoms with Crippen LogP contribution in [0.4, 0.5) is 0 Å².